The molecule has 0 fully saturated rings. The molecule has 0 radical (unpaired) electrons. The summed E-state index contributed by atoms with van der Waals surface area (Å²) in [5, 5.41) is 11.3. The molecule has 0 heterocycles. The summed E-state index contributed by atoms with van der Waals surface area (Å²) in [6.45, 7) is 1.96. The SMILES string of the molecule is CCCCC(NC(=O)N(C)CCS(C)(=O)=O)C(=O)O. The highest BCUT2D eigenvalue weighted by molar-refractivity contribution is 7.90. The van der Waals surface area contributed by atoms with Crippen LogP contribution in [-0.2, 0) is 14.6 Å². The predicted octanol–water partition coefficient (Wildman–Crippen LogP) is 0.316. The molecule has 0 aromatic heterocycles. The zero-order chi connectivity index (χ0) is 15.1. The first kappa shape index (κ1) is 17.7. The van der Waals surface area contributed by atoms with E-state index >= 15 is 0 Å². The first-order valence-electron chi connectivity index (χ1n) is 6.09. The quantitative estimate of drug-likeness (QED) is 0.671. The maximum Gasteiger partial charge on any atom is 0.326 e. The standard InChI is InChI=1S/C11H22N2O5S/c1-4-5-6-9(10(14)15)12-11(16)13(2)7-8-19(3,17)18/h9H,4-8H2,1-3H3,(H,12,16)(H,14,15). The topological polar surface area (TPSA) is 104 Å². The van der Waals surface area contributed by atoms with Crippen molar-refractivity contribution >= 4 is 21.8 Å². The smallest absolute Gasteiger partial charge is 0.326 e. The molecule has 2 N–H and O–H groups in total. The Morgan fingerprint density at radius 2 is 1.95 bits per heavy atom. The van der Waals surface area contributed by atoms with E-state index in [4.69, 9.17) is 5.11 Å². The number of unbranched alkanes of at least 4 members (excludes halogenated alkanes) is 1. The summed E-state index contributed by atoms with van der Waals surface area (Å²) in [4.78, 5) is 23.8. The summed E-state index contributed by atoms with van der Waals surface area (Å²) >= 11 is 0. The minimum Gasteiger partial charge on any atom is -0.480 e. The fourth-order valence-corrected chi connectivity index (χ4v) is 1.93. The van der Waals surface area contributed by atoms with Gasteiger partial charge in [0.2, 0.25) is 0 Å². The van der Waals surface area contributed by atoms with Crippen molar-refractivity contribution in [2.24, 2.45) is 0 Å². The van der Waals surface area contributed by atoms with Crippen LogP contribution in [0.15, 0.2) is 0 Å². The first-order valence-corrected chi connectivity index (χ1v) is 8.15. The Hall–Kier alpha value is -1.31. The minimum atomic E-state index is -3.15. The van der Waals surface area contributed by atoms with E-state index < -0.39 is 27.9 Å². The van der Waals surface area contributed by atoms with Crippen molar-refractivity contribution in [2.75, 3.05) is 25.6 Å². The van der Waals surface area contributed by atoms with Crippen molar-refractivity contribution < 1.29 is 23.1 Å². The van der Waals surface area contributed by atoms with Crippen molar-refractivity contribution in [2.45, 2.75) is 32.2 Å². The summed E-state index contributed by atoms with van der Waals surface area (Å²) in [6, 6.07) is -1.51. The molecular formula is C11H22N2O5S. The van der Waals surface area contributed by atoms with E-state index in [0.717, 1.165) is 12.7 Å². The number of nitrogens with zero attached hydrogens (tertiary/aromatic N) is 1. The van der Waals surface area contributed by atoms with Gasteiger partial charge in [-0.2, -0.15) is 0 Å². The van der Waals surface area contributed by atoms with E-state index in [0.29, 0.717) is 12.8 Å². The molecule has 7 nitrogen and oxygen atoms in total. The van der Waals surface area contributed by atoms with Gasteiger partial charge in [-0.1, -0.05) is 19.8 Å². The number of urea groups is 1. The van der Waals surface area contributed by atoms with Crippen LogP contribution < -0.4 is 5.32 Å². The summed E-state index contributed by atoms with van der Waals surface area (Å²) < 4.78 is 22.0. The van der Waals surface area contributed by atoms with Crippen molar-refractivity contribution in [3.8, 4) is 0 Å². The lowest BCUT2D eigenvalue weighted by molar-refractivity contribution is -0.139. The third-order valence-corrected chi connectivity index (χ3v) is 3.51. The van der Waals surface area contributed by atoms with E-state index in [2.05, 4.69) is 5.32 Å². The molecular weight excluding hydrogens is 272 g/mol. The highest BCUT2D eigenvalue weighted by Crippen LogP contribution is 2.02. The number of hydrogen-bond donors (Lipinski definition) is 2. The Bertz CT molecular complexity index is 407. The molecule has 0 saturated carbocycles. The second-order valence-corrected chi connectivity index (χ2v) is 6.79. The van der Waals surface area contributed by atoms with Gasteiger partial charge in [0.25, 0.3) is 0 Å². The molecule has 112 valence electrons. The number of nitrogens with one attached hydrogen (secondary N) is 1. The zero-order valence-electron chi connectivity index (χ0n) is 11.5. The summed E-state index contributed by atoms with van der Waals surface area (Å²) in [7, 11) is -1.72. The Morgan fingerprint density at radius 3 is 2.37 bits per heavy atom. The number of rotatable bonds is 8. The average molecular weight is 294 g/mol. The molecule has 1 unspecified atom stereocenters. The molecule has 19 heavy (non-hydrogen) atoms. The van der Waals surface area contributed by atoms with Crippen LogP contribution in [0.25, 0.3) is 0 Å². The molecule has 8 heteroatoms. The molecule has 0 spiro atoms. The number of carbonyl (C=O) groups excluding carboxylic acids is 1. The van der Waals surface area contributed by atoms with Crippen molar-refractivity contribution in [1.29, 1.82) is 0 Å². The highest BCUT2D eigenvalue weighted by Gasteiger charge is 2.21. The fraction of sp³-hybridized carbons (Fsp3) is 0.818. The zero-order valence-corrected chi connectivity index (χ0v) is 12.4. The third kappa shape index (κ3) is 8.41. The van der Waals surface area contributed by atoms with E-state index in [1.165, 1.54) is 11.9 Å². The number of aliphatic carboxylic acids is 1. The van der Waals surface area contributed by atoms with Crippen LogP contribution in [-0.4, -0.2) is 62.1 Å². The predicted molar refractivity (Wildman–Crippen MR) is 71.8 cm³/mol. The van der Waals surface area contributed by atoms with Crippen LogP contribution in [0.2, 0.25) is 0 Å². The molecule has 0 aromatic rings. The number of amides is 2. The Morgan fingerprint density at radius 1 is 1.37 bits per heavy atom. The van der Waals surface area contributed by atoms with Gasteiger partial charge in [0.1, 0.15) is 15.9 Å². The summed E-state index contributed by atoms with van der Waals surface area (Å²) in [6.07, 6.45) is 2.98. The third-order valence-electron chi connectivity index (χ3n) is 2.59. The van der Waals surface area contributed by atoms with Gasteiger partial charge in [0, 0.05) is 19.8 Å². The second kappa shape index (κ2) is 7.98. The van der Waals surface area contributed by atoms with Gasteiger partial charge in [-0.15, -0.1) is 0 Å². The molecule has 0 rings (SSSR count). The minimum absolute atomic E-state index is 0.0325. The van der Waals surface area contributed by atoms with Crippen LogP contribution in [0.4, 0.5) is 4.79 Å². The van der Waals surface area contributed by atoms with Crippen LogP contribution in [0.1, 0.15) is 26.2 Å². The Labute approximate surface area is 113 Å². The van der Waals surface area contributed by atoms with E-state index in [9.17, 15) is 18.0 Å². The average Bonchev–Trinajstić information content (AvgIpc) is 2.29. The Balaban J connectivity index is 4.34. The van der Waals surface area contributed by atoms with Crippen molar-refractivity contribution in [1.82, 2.24) is 10.2 Å². The van der Waals surface area contributed by atoms with Gasteiger partial charge in [0.05, 0.1) is 5.75 Å². The van der Waals surface area contributed by atoms with Crippen LogP contribution in [0, 0.1) is 0 Å². The lowest BCUT2D eigenvalue weighted by Gasteiger charge is -2.21. The van der Waals surface area contributed by atoms with E-state index in [-0.39, 0.29) is 12.3 Å². The van der Waals surface area contributed by atoms with Crippen LogP contribution >= 0.6 is 0 Å². The maximum atomic E-state index is 11.7. The highest BCUT2D eigenvalue weighted by atomic mass is 32.2. The van der Waals surface area contributed by atoms with E-state index in [1.807, 2.05) is 6.92 Å². The number of sulfone groups is 1. The van der Waals surface area contributed by atoms with Crippen molar-refractivity contribution in [3.63, 3.8) is 0 Å². The van der Waals surface area contributed by atoms with E-state index in [1.54, 1.807) is 0 Å². The van der Waals surface area contributed by atoms with Crippen molar-refractivity contribution in [3.05, 3.63) is 0 Å². The number of hydrogen-bond acceptors (Lipinski definition) is 4. The number of carboxylic acids is 1. The van der Waals surface area contributed by atoms with Crippen LogP contribution in [0.5, 0.6) is 0 Å². The molecule has 0 saturated heterocycles. The monoisotopic (exact) mass is 294 g/mol. The number of carbonyl (C=O) groups is 2. The molecule has 0 aromatic carbocycles. The largest absolute Gasteiger partial charge is 0.480 e. The molecule has 2 amide bonds. The first-order chi connectivity index (χ1) is 8.67. The van der Waals surface area contributed by atoms with Crippen LogP contribution in [0.3, 0.4) is 0 Å². The van der Waals surface area contributed by atoms with Gasteiger partial charge < -0.3 is 15.3 Å². The van der Waals surface area contributed by atoms with Gasteiger partial charge in [0.15, 0.2) is 0 Å². The molecule has 0 aliphatic rings. The summed E-state index contributed by atoms with van der Waals surface area (Å²) in [5.74, 6) is -1.23. The second-order valence-electron chi connectivity index (χ2n) is 4.53. The summed E-state index contributed by atoms with van der Waals surface area (Å²) in [5.41, 5.74) is 0. The van der Waals surface area contributed by atoms with Gasteiger partial charge >= 0.3 is 12.0 Å². The molecule has 1 atom stereocenters. The van der Waals surface area contributed by atoms with Gasteiger partial charge in [-0.25, -0.2) is 18.0 Å². The van der Waals surface area contributed by atoms with Gasteiger partial charge in [-0.05, 0) is 6.42 Å². The normalized spacial score (nSPS) is 12.8. The lowest BCUT2D eigenvalue weighted by Crippen LogP contribution is -2.47. The molecule has 0 aliphatic heterocycles. The Kier molecular flexibility index (Phi) is 7.43. The molecule has 0 aliphatic carbocycles. The molecule has 0 bridgehead atoms. The van der Waals surface area contributed by atoms with Gasteiger partial charge in [-0.3, -0.25) is 0 Å². The maximum absolute atomic E-state index is 11.7. The number of carboxylic acid groups (broad SMARTS) is 1. The fourth-order valence-electron chi connectivity index (χ4n) is 1.33. The lowest BCUT2D eigenvalue weighted by atomic mass is 10.1.